The van der Waals surface area contributed by atoms with Crippen LogP contribution in [0.5, 0.6) is 0 Å². The maximum atomic E-state index is 12.9. The molecule has 1 N–H and O–H groups in total. The Morgan fingerprint density at radius 2 is 1.68 bits per heavy atom. The Balaban J connectivity index is 3.24. The number of carboxylic acids is 1. The first-order valence-corrected chi connectivity index (χ1v) is 9.13. The minimum atomic E-state index is -3.66. The summed E-state index contributed by atoms with van der Waals surface area (Å²) in [5.74, 6) is -1.11. The quantitative estimate of drug-likeness (QED) is 0.755. The van der Waals surface area contributed by atoms with E-state index in [1.165, 1.54) is 22.5 Å². The van der Waals surface area contributed by atoms with E-state index in [1.807, 2.05) is 13.8 Å². The van der Waals surface area contributed by atoms with Crippen molar-refractivity contribution >= 4 is 16.0 Å². The molecule has 0 aliphatic heterocycles. The molecule has 0 saturated carbocycles. The van der Waals surface area contributed by atoms with Gasteiger partial charge in [-0.1, -0.05) is 32.8 Å². The summed E-state index contributed by atoms with van der Waals surface area (Å²) in [4.78, 5) is 11.3. The van der Waals surface area contributed by atoms with Crippen molar-refractivity contribution in [2.75, 3.05) is 13.1 Å². The second kappa shape index (κ2) is 8.29. The Bertz CT molecular complexity index is 603. The lowest BCUT2D eigenvalue weighted by molar-refractivity contribution is 0.0696. The molecule has 1 aromatic carbocycles. The summed E-state index contributed by atoms with van der Waals surface area (Å²) in [7, 11) is -3.66. The fourth-order valence-electron chi connectivity index (χ4n) is 2.29. The molecule has 5 nitrogen and oxygen atoms in total. The van der Waals surface area contributed by atoms with Crippen LogP contribution in [0.15, 0.2) is 23.1 Å². The van der Waals surface area contributed by atoms with E-state index in [4.69, 9.17) is 5.11 Å². The van der Waals surface area contributed by atoms with Gasteiger partial charge in [-0.2, -0.15) is 4.31 Å². The van der Waals surface area contributed by atoms with E-state index in [0.29, 0.717) is 18.7 Å². The molecule has 0 aliphatic rings. The first kappa shape index (κ1) is 18.6. The molecule has 0 aromatic heterocycles. The number of aromatic carboxylic acids is 1. The smallest absolute Gasteiger partial charge is 0.335 e. The predicted octanol–water partition coefficient (Wildman–Crippen LogP) is 3.28. The summed E-state index contributed by atoms with van der Waals surface area (Å²) in [5.41, 5.74) is 0.333. The fraction of sp³-hybridized carbons (Fsp3) is 0.562. The molecule has 0 radical (unpaired) electrons. The first-order chi connectivity index (χ1) is 10.4. The van der Waals surface area contributed by atoms with Gasteiger partial charge in [0.25, 0.3) is 0 Å². The number of hydrogen-bond acceptors (Lipinski definition) is 3. The van der Waals surface area contributed by atoms with Gasteiger partial charge in [0.15, 0.2) is 0 Å². The third-order valence-corrected chi connectivity index (χ3v) is 5.70. The Hall–Kier alpha value is -1.40. The molecule has 1 rings (SSSR count). The number of sulfonamides is 1. The summed E-state index contributed by atoms with van der Waals surface area (Å²) in [6.07, 6.45) is 3.40. The van der Waals surface area contributed by atoms with E-state index in [9.17, 15) is 13.2 Å². The molecule has 0 fully saturated rings. The number of unbranched alkanes of at least 4 members (excludes halogenated alkanes) is 2. The summed E-state index contributed by atoms with van der Waals surface area (Å²) in [5, 5.41) is 9.17. The molecule has 0 unspecified atom stereocenters. The van der Waals surface area contributed by atoms with E-state index in [0.717, 1.165) is 25.7 Å². The Morgan fingerprint density at radius 1 is 1.14 bits per heavy atom. The van der Waals surface area contributed by atoms with Crippen molar-refractivity contribution in [3.05, 3.63) is 29.3 Å². The number of benzene rings is 1. The van der Waals surface area contributed by atoms with Crippen molar-refractivity contribution in [3.8, 4) is 0 Å². The van der Waals surface area contributed by atoms with Crippen LogP contribution in [-0.2, 0) is 10.0 Å². The number of nitrogens with zero attached hydrogens (tertiary/aromatic N) is 1. The van der Waals surface area contributed by atoms with Crippen molar-refractivity contribution in [3.63, 3.8) is 0 Å². The summed E-state index contributed by atoms with van der Waals surface area (Å²) < 4.78 is 27.2. The van der Waals surface area contributed by atoms with E-state index in [2.05, 4.69) is 0 Å². The zero-order valence-electron chi connectivity index (χ0n) is 13.5. The lowest BCUT2D eigenvalue weighted by Crippen LogP contribution is -2.33. The molecular formula is C16H25NO4S. The Kier molecular flexibility index (Phi) is 7.03. The molecule has 0 saturated heterocycles. The van der Waals surface area contributed by atoms with Gasteiger partial charge in [-0.3, -0.25) is 0 Å². The highest BCUT2D eigenvalue weighted by atomic mass is 32.2. The molecule has 0 spiro atoms. The number of carboxylic acid groups (broad SMARTS) is 1. The highest BCUT2D eigenvalue weighted by Gasteiger charge is 2.26. The minimum absolute atomic E-state index is 0.0343. The molecule has 0 atom stereocenters. The van der Waals surface area contributed by atoms with Crippen LogP contribution in [0.4, 0.5) is 0 Å². The van der Waals surface area contributed by atoms with Gasteiger partial charge in [0.05, 0.1) is 10.5 Å². The van der Waals surface area contributed by atoms with Crippen LogP contribution in [-0.4, -0.2) is 36.9 Å². The average Bonchev–Trinajstić information content (AvgIpc) is 2.46. The SMILES string of the molecule is CCCCN(CCCC)S(=O)(=O)c1cccc(C(=O)O)c1C. The Labute approximate surface area is 133 Å². The van der Waals surface area contributed by atoms with E-state index >= 15 is 0 Å². The summed E-state index contributed by atoms with van der Waals surface area (Å²) >= 11 is 0. The lowest BCUT2D eigenvalue weighted by atomic mass is 10.1. The normalized spacial score (nSPS) is 11.8. The van der Waals surface area contributed by atoms with Gasteiger partial charge in [0, 0.05) is 13.1 Å². The van der Waals surface area contributed by atoms with Crippen LogP contribution in [0.2, 0.25) is 0 Å². The van der Waals surface area contributed by atoms with Crippen LogP contribution >= 0.6 is 0 Å². The third kappa shape index (κ3) is 4.30. The molecule has 0 bridgehead atoms. The van der Waals surface area contributed by atoms with E-state index in [1.54, 1.807) is 6.92 Å². The highest BCUT2D eigenvalue weighted by Crippen LogP contribution is 2.23. The van der Waals surface area contributed by atoms with Gasteiger partial charge in [-0.05, 0) is 37.5 Å². The fourth-order valence-corrected chi connectivity index (χ4v) is 4.05. The van der Waals surface area contributed by atoms with Gasteiger partial charge in [0.2, 0.25) is 10.0 Å². The second-order valence-corrected chi connectivity index (χ2v) is 7.25. The van der Waals surface area contributed by atoms with Crippen molar-refractivity contribution in [1.29, 1.82) is 0 Å². The van der Waals surface area contributed by atoms with Crippen molar-refractivity contribution in [2.45, 2.75) is 51.3 Å². The zero-order valence-corrected chi connectivity index (χ0v) is 14.3. The number of rotatable bonds is 9. The molecule has 0 heterocycles. The van der Waals surface area contributed by atoms with E-state index < -0.39 is 16.0 Å². The molecule has 6 heteroatoms. The number of carbonyl (C=O) groups is 1. The lowest BCUT2D eigenvalue weighted by Gasteiger charge is -2.23. The molecule has 1 aromatic rings. The molecule has 124 valence electrons. The van der Waals surface area contributed by atoms with Crippen LogP contribution in [0.25, 0.3) is 0 Å². The van der Waals surface area contributed by atoms with Crippen molar-refractivity contribution in [2.24, 2.45) is 0 Å². The van der Waals surface area contributed by atoms with Gasteiger partial charge in [0.1, 0.15) is 0 Å². The summed E-state index contributed by atoms with van der Waals surface area (Å²) in [6.45, 7) is 6.52. The molecule has 22 heavy (non-hydrogen) atoms. The van der Waals surface area contributed by atoms with Gasteiger partial charge in [-0.15, -0.1) is 0 Å². The molecular weight excluding hydrogens is 302 g/mol. The average molecular weight is 327 g/mol. The third-order valence-electron chi connectivity index (χ3n) is 3.65. The maximum absolute atomic E-state index is 12.9. The largest absolute Gasteiger partial charge is 0.478 e. The van der Waals surface area contributed by atoms with Crippen LogP contribution in [0, 0.1) is 6.92 Å². The van der Waals surface area contributed by atoms with Crippen LogP contribution in [0.1, 0.15) is 55.5 Å². The Morgan fingerprint density at radius 3 is 2.14 bits per heavy atom. The van der Waals surface area contributed by atoms with Crippen molar-refractivity contribution in [1.82, 2.24) is 4.31 Å². The predicted molar refractivity (Wildman–Crippen MR) is 86.7 cm³/mol. The molecule has 0 aliphatic carbocycles. The molecule has 0 amide bonds. The van der Waals surface area contributed by atoms with Crippen LogP contribution < -0.4 is 0 Å². The van der Waals surface area contributed by atoms with Gasteiger partial charge >= 0.3 is 5.97 Å². The maximum Gasteiger partial charge on any atom is 0.335 e. The standard InChI is InChI=1S/C16H25NO4S/c1-4-6-11-17(12-7-5-2)22(20,21)15-10-8-9-14(13(15)3)16(18)19/h8-10H,4-7,11-12H2,1-3H3,(H,18,19). The van der Waals surface area contributed by atoms with Crippen molar-refractivity contribution < 1.29 is 18.3 Å². The van der Waals surface area contributed by atoms with E-state index in [-0.39, 0.29) is 10.5 Å². The minimum Gasteiger partial charge on any atom is -0.478 e. The first-order valence-electron chi connectivity index (χ1n) is 7.69. The topological polar surface area (TPSA) is 74.7 Å². The van der Waals surface area contributed by atoms with Gasteiger partial charge in [-0.25, -0.2) is 13.2 Å². The van der Waals surface area contributed by atoms with Gasteiger partial charge < -0.3 is 5.11 Å². The monoisotopic (exact) mass is 327 g/mol. The van der Waals surface area contributed by atoms with Crippen LogP contribution in [0.3, 0.4) is 0 Å². The second-order valence-electron chi connectivity index (χ2n) is 5.35. The summed E-state index contributed by atoms with van der Waals surface area (Å²) in [6, 6.07) is 4.41. The highest BCUT2D eigenvalue weighted by molar-refractivity contribution is 7.89. The number of hydrogen-bond donors (Lipinski definition) is 1. The zero-order chi connectivity index (χ0) is 16.8.